The number of rotatable bonds is 4. The van der Waals surface area contributed by atoms with E-state index in [-0.39, 0.29) is 18.0 Å². The molecule has 0 saturated carbocycles. The fourth-order valence-corrected chi connectivity index (χ4v) is 3.60. The van der Waals surface area contributed by atoms with Crippen molar-refractivity contribution in [1.82, 2.24) is 20.2 Å². The predicted molar refractivity (Wildman–Crippen MR) is 90.0 cm³/mol. The molecule has 0 aliphatic carbocycles. The average Bonchev–Trinajstić information content (AvgIpc) is 3.00. The van der Waals surface area contributed by atoms with Crippen LogP contribution in [0.15, 0.2) is 24.5 Å². The number of amides is 1. The first kappa shape index (κ1) is 16.4. The molecule has 7 nitrogen and oxygen atoms in total. The number of tetrazole rings is 1. The average molecular weight is 329 g/mol. The Morgan fingerprint density at radius 1 is 1.42 bits per heavy atom. The molecule has 2 heterocycles. The maximum atomic E-state index is 12.9. The fraction of sp³-hybridized carbons (Fsp3) is 0.529. The summed E-state index contributed by atoms with van der Waals surface area (Å²) < 4.78 is 7.07. The number of aromatic nitrogens is 4. The molecule has 0 fully saturated rings. The number of fused-ring (bicyclic) bond motifs is 1. The van der Waals surface area contributed by atoms with Gasteiger partial charge in [-0.1, -0.05) is 6.92 Å². The zero-order valence-corrected chi connectivity index (χ0v) is 14.6. The van der Waals surface area contributed by atoms with E-state index in [0.29, 0.717) is 12.5 Å². The van der Waals surface area contributed by atoms with Crippen molar-refractivity contribution in [3.63, 3.8) is 0 Å². The summed E-state index contributed by atoms with van der Waals surface area (Å²) in [5, 5.41) is 11.0. The minimum absolute atomic E-state index is 0.0235. The van der Waals surface area contributed by atoms with Crippen LogP contribution in [0.1, 0.15) is 45.6 Å². The quantitative estimate of drug-likeness (QED) is 0.861. The lowest BCUT2D eigenvalue weighted by atomic mass is 9.80. The van der Waals surface area contributed by atoms with Crippen LogP contribution < -0.4 is 9.64 Å². The van der Waals surface area contributed by atoms with Gasteiger partial charge < -0.3 is 9.64 Å². The molecule has 0 bridgehead atoms. The molecule has 1 atom stereocenters. The molecule has 1 aromatic heterocycles. The Hall–Kier alpha value is -2.44. The maximum absolute atomic E-state index is 12.9. The van der Waals surface area contributed by atoms with Crippen LogP contribution in [0.25, 0.3) is 0 Å². The third-order valence-corrected chi connectivity index (χ3v) is 4.43. The van der Waals surface area contributed by atoms with Crippen molar-refractivity contribution in [3.8, 4) is 5.75 Å². The van der Waals surface area contributed by atoms with E-state index in [1.807, 2.05) is 24.0 Å². The van der Waals surface area contributed by atoms with Gasteiger partial charge in [0.1, 0.15) is 18.6 Å². The first-order chi connectivity index (χ1) is 11.4. The lowest BCUT2D eigenvalue weighted by molar-refractivity contribution is -0.120. The van der Waals surface area contributed by atoms with Crippen LogP contribution in [0.3, 0.4) is 0 Å². The van der Waals surface area contributed by atoms with Gasteiger partial charge >= 0.3 is 0 Å². The summed E-state index contributed by atoms with van der Waals surface area (Å²) in [6.45, 7) is 9.10. The topological polar surface area (TPSA) is 73.1 Å². The molecule has 128 valence electrons. The van der Waals surface area contributed by atoms with Gasteiger partial charge in [0.05, 0.1) is 6.61 Å². The monoisotopic (exact) mass is 329 g/mol. The largest absolute Gasteiger partial charge is 0.494 e. The van der Waals surface area contributed by atoms with Gasteiger partial charge in [-0.25, -0.2) is 4.68 Å². The standard InChI is InChI=1S/C17H23N5O2/c1-5-24-13-6-7-15-14(8-13)12(2)9-17(3,4)22(15)16(23)10-21-11-18-19-20-21/h6-8,11-12H,5,9-10H2,1-4H3. The van der Waals surface area contributed by atoms with Crippen LogP contribution in [0.4, 0.5) is 5.69 Å². The zero-order chi connectivity index (χ0) is 17.3. The van der Waals surface area contributed by atoms with Gasteiger partial charge in [0.25, 0.3) is 0 Å². The summed E-state index contributed by atoms with van der Waals surface area (Å²) in [5.74, 6) is 1.17. The van der Waals surface area contributed by atoms with Gasteiger partial charge in [0.15, 0.2) is 0 Å². The van der Waals surface area contributed by atoms with Gasteiger partial charge in [0.2, 0.25) is 5.91 Å². The highest BCUT2D eigenvalue weighted by molar-refractivity contribution is 5.96. The second kappa shape index (κ2) is 6.22. The molecule has 1 unspecified atom stereocenters. The van der Waals surface area contributed by atoms with E-state index in [2.05, 4.69) is 42.4 Å². The maximum Gasteiger partial charge on any atom is 0.249 e. The highest BCUT2D eigenvalue weighted by Gasteiger charge is 2.40. The van der Waals surface area contributed by atoms with Crippen molar-refractivity contribution in [2.45, 2.75) is 52.1 Å². The summed E-state index contributed by atoms with van der Waals surface area (Å²) >= 11 is 0. The van der Waals surface area contributed by atoms with Gasteiger partial charge in [-0.2, -0.15) is 0 Å². The number of anilines is 1. The highest BCUT2D eigenvalue weighted by Crippen LogP contribution is 2.44. The van der Waals surface area contributed by atoms with Crippen molar-refractivity contribution >= 4 is 11.6 Å². The van der Waals surface area contributed by atoms with Crippen LogP contribution in [-0.2, 0) is 11.3 Å². The smallest absolute Gasteiger partial charge is 0.249 e. The Morgan fingerprint density at radius 3 is 2.88 bits per heavy atom. The SMILES string of the molecule is CCOc1ccc2c(c1)C(C)CC(C)(C)N2C(=O)Cn1cnnn1. The van der Waals surface area contributed by atoms with Crippen molar-refractivity contribution in [2.75, 3.05) is 11.5 Å². The second-order valence-electron chi connectivity index (χ2n) is 6.81. The highest BCUT2D eigenvalue weighted by atomic mass is 16.5. The Balaban J connectivity index is 1.98. The molecule has 0 spiro atoms. The van der Waals surface area contributed by atoms with E-state index in [0.717, 1.165) is 23.4 Å². The van der Waals surface area contributed by atoms with Gasteiger partial charge in [-0.15, -0.1) is 5.10 Å². The molecule has 2 aromatic rings. The molecule has 0 saturated heterocycles. The minimum atomic E-state index is -0.273. The molecule has 1 aliphatic heterocycles. The molecule has 0 radical (unpaired) electrons. The Kier molecular flexibility index (Phi) is 4.26. The van der Waals surface area contributed by atoms with Crippen molar-refractivity contribution < 1.29 is 9.53 Å². The van der Waals surface area contributed by atoms with Crippen molar-refractivity contribution in [3.05, 3.63) is 30.1 Å². The molecule has 3 rings (SSSR count). The molecule has 0 N–H and O–H groups in total. The molecular formula is C17H23N5O2. The fourth-order valence-electron chi connectivity index (χ4n) is 3.60. The van der Waals surface area contributed by atoms with Crippen molar-refractivity contribution in [2.24, 2.45) is 0 Å². The van der Waals surface area contributed by atoms with E-state index in [1.54, 1.807) is 0 Å². The molecule has 1 amide bonds. The first-order valence-electron chi connectivity index (χ1n) is 8.23. The second-order valence-corrected chi connectivity index (χ2v) is 6.81. The van der Waals surface area contributed by atoms with Crippen LogP contribution in [-0.4, -0.2) is 38.3 Å². The molecule has 24 heavy (non-hydrogen) atoms. The Bertz CT molecular complexity index is 727. The van der Waals surface area contributed by atoms with E-state index in [9.17, 15) is 4.79 Å². The number of hydrogen-bond acceptors (Lipinski definition) is 5. The van der Waals surface area contributed by atoms with Crippen LogP contribution in [0.2, 0.25) is 0 Å². The van der Waals surface area contributed by atoms with Crippen molar-refractivity contribution in [1.29, 1.82) is 0 Å². The Morgan fingerprint density at radius 2 is 2.21 bits per heavy atom. The third-order valence-electron chi connectivity index (χ3n) is 4.43. The predicted octanol–water partition coefficient (Wildman–Crippen LogP) is 2.39. The number of carbonyl (C=O) groups excluding carboxylic acids is 1. The summed E-state index contributed by atoms with van der Waals surface area (Å²) in [6, 6.07) is 5.96. The Labute approximate surface area is 141 Å². The molecule has 1 aromatic carbocycles. The lowest BCUT2D eigenvalue weighted by Crippen LogP contribution is -2.52. The molecular weight excluding hydrogens is 306 g/mol. The molecule has 7 heteroatoms. The van der Waals surface area contributed by atoms with Gasteiger partial charge in [-0.3, -0.25) is 4.79 Å². The zero-order valence-electron chi connectivity index (χ0n) is 14.6. The van der Waals surface area contributed by atoms with E-state index < -0.39 is 0 Å². The van der Waals surface area contributed by atoms with Gasteiger partial charge in [-0.05, 0) is 67.3 Å². The summed E-state index contributed by atoms with van der Waals surface area (Å²) in [5.41, 5.74) is 1.82. The van der Waals surface area contributed by atoms with E-state index in [1.165, 1.54) is 11.0 Å². The van der Waals surface area contributed by atoms with Crippen LogP contribution in [0, 0.1) is 0 Å². The summed E-state index contributed by atoms with van der Waals surface area (Å²) in [7, 11) is 0. The van der Waals surface area contributed by atoms with Crippen LogP contribution >= 0.6 is 0 Å². The van der Waals surface area contributed by atoms with Crippen LogP contribution in [0.5, 0.6) is 5.75 Å². The number of carbonyl (C=O) groups is 1. The first-order valence-corrected chi connectivity index (χ1v) is 8.23. The number of benzene rings is 1. The molecule has 1 aliphatic rings. The minimum Gasteiger partial charge on any atom is -0.494 e. The number of nitrogens with zero attached hydrogens (tertiary/aromatic N) is 5. The number of ether oxygens (including phenoxy) is 1. The summed E-state index contributed by atoms with van der Waals surface area (Å²) in [6.07, 6.45) is 2.34. The van der Waals surface area contributed by atoms with E-state index >= 15 is 0 Å². The summed E-state index contributed by atoms with van der Waals surface area (Å²) in [4.78, 5) is 14.8. The van der Waals surface area contributed by atoms with E-state index in [4.69, 9.17) is 4.74 Å². The third kappa shape index (κ3) is 2.98. The van der Waals surface area contributed by atoms with Gasteiger partial charge in [0, 0.05) is 11.2 Å². The number of hydrogen-bond donors (Lipinski definition) is 0. The normalized spacial score (nSPS) is 19.0. The lowest BCUT2D eigenvalue weighted by Gasteiger charge is -2.46.